The molecule has 0 amide bonds. The number of ether oxygens (including phenoxy) is 1. The monoisotopic (exact) mass is 274 g/mol. The lowest BCUT2D eigenvalue weighted by Crippen LogP contribution is -2.00. The topological polar surface area (TPSA) is 27.1 Å². The quantitative estimate of drug-likeness (QED) is 0.732. The van der Waals surface area contributed by atoms with Gasteiger partial charge in [-0.2, -0.15) is 0 Å². The van der Waals surface area contributed by atoms with Gasteiger partial charge >= 0.3 is 0 Å². The normalized spacial score (nSPS) is 10.9. The fourth-order valence-corrected chi connectivity index (χ4v) is 2.20. The summed E-state index contributed by atoms with van der Waals surface area (Å²) in [5, 5.41) is 0. The minimum atomic E-state index is -0.889. The van der Waals surface area contributed by atoms with Crippen LogP contribution < -0.4 is 4.74 Å². The van der Waals surface area contributed by atoms with Crippen LogP contribution in [0.25, 0.3) is 11.0 Å². The van der Waals surface area contributed by atoms with E-state index in [0.717, 1.165) is 23.4 Å². The van der Waals surface area contributed by atoms with Gasteiger partial charge in [0.15, 0.2) is 11.6 Å². The predicted octanol–water partition coefficient (Wildman–Crippen LogP) is 3.37. The summed E-state index contributed by atoms with van der Waals surface area (Å²) in [4.78, 5) is 4.09. The highest BCUT2D eigenvalue weighted by Gasteiger charge is 2.10. The Kier molecular flexibility index (Phi) is 3.10. The molecule has 5 heteroatoms. The van der Waals surface area contributed by atoms with Gasteiger partial charge in [0.1, 0.15) is 5.75 Å². The van der Waals surface area contributed by atoms with E-state index in [0.29, 0.717) is 17.6 Å². The van der Waals surface area contributed by atoms with Crippen molar-refractivity contribution in [3.05, 3.63) is 59.9 Å². The number of imidazole rings is 1. The number of hydrogen-bond donors (Lipinski definition) is 0. The molecule has 0 aliphatic heterocycles. The molecule has 0 atom stereocenters. The van der Waals surface area contributed by atoms with Gasteiger partial charge in [-0.15, -0.1) is 0 Å². The SMILES string of the molecule is COc1ccccc1Cn1cnc2cc(F)c(F)cc21. The first-order valence-corrected chi connectivity index (χ1v) is 6.11. The number of aromatic nitrogens is 2. The first-order valence-electron chi connectivity index (χ1n) is 6.11. The van der Waals surface area contributed by atoms with Crippen molar-refractivity contribution in [1.29, 1.82) is 0 Å². The molecular weight excluding hydrogens is 262 g/mol. The van der Waals surface area contributed by atoms with Crippen molar-refractivity contribution in [2.45, 2.75) is 6.54 Å². The number of nitrogens with zero attached hydrogens (tertiary/aromatic N) is 2. The number of hydrogen-bond acceptors (Lipinski definition) is 2. The number of halogens is 2. The molecule has 0 unspecified atom stereocenters. The molecule has 0 aliphatic rings. The smallest absolute Gasteiger partial charge is 0.161 e. The Labute approximate surface area is 114 Å². The average Bonchev–Trinajstić information content (AvgIpc) is 2.82. The van der Waals surface area contributed by atoms with Crippen molar-refractivity contribution in [3.8, 4) is 5.75 Å². The van der Waals surface area contributed by atoms with Crippen LogP contribution in [0, 0.1) is 11.6 Å². The molecule has 0 bridgehead atoms. The van der Waals surface area contributed by atoms with Crippen molar-refractivity contribution < 1.29 is 13.5 Å². The fraction of sp³-hybridized carbons (Fsp3) is 0.133. The molecule has 0 radical (unpaired) electrons. The lowest BCUT2D eigenvalue weighted by Gasteiger charge is -2.09. The molecule has 0 spiro atoms. The maximum atomic E-state index is 13.3. The van der Waals surface area contributed by atoms with Gasteiger partial charge in [0.05, 0.1) is 31.0 Å². The average molecular weight is 274 g/mol. The molecule has 3 nitrogen and oxygen atoms in total. The largest absolute Gasteiger partial charge is 0.496 e. The third-order valence-electron chi connectivity index (χ3n) is 3.20. The summed E-state index contributed by atoms with van der Waals surface area (Å²) in [5.74, 6) is -1.02. The van der Waals surface area contributed by atoms with Crippen molar-refractivity contribution in [1.82, 2.24) is 9.55 Å². The number of fused-ring (bicyclic) bond motifs is 1. The van der Waals surface area contributed by atoms with E-state index in [1.807, 2.05) is 24.3 Å². The minimum Gasteiger partial charge on any atom is -0.496 e. The Balaban J connectivity index is 2.05. The van der Waals surface area contributed by atoms with Crippen LogP contribution in [-0.2, 0) is 6.54 Å². The molecule has 0 saturated carbocycles. The molecule has 0 aliphatic carbocycles. The standard InChI is InChI=1S/C15H12F2N2O/c1-20-15-5-3-2-4-10(15)8-19-9-18-13-6-11(16)12(17)7-14(13)19/h2-7,9H,8H2,1H3. The zero-order valence-electron chi connectivity index (χ0n) is 10.8. The first kappa shape index (κ1) is 12.6. The van der Waals surface area contributed by atoms with E-state index in [9.17, 15) is 8.78 Å². The molecule has 0 fully saturated rings. The van der Waals surface area contributed by atoms with Gasteiger partial charge in [-0.25, -0.2) is 13.8 Å². The molecule has 2 aromatic carbocycles. The van der Waals surface area contributed by atoms with E-state index in [2.05, 4.69) is 4.98 Å². The predicted molar refractivity (Wildman–Crippen MR) is 71.7 cm³/mol. The summed E-state index contributed by atoms with van der Waals surface area (Å²) in [6.45, 7) is 0.478. The summed E-state index contributed by atoms with van der Waals surface area (Å²) >= 11 is 0. The van der Waals surface area contributed by atoms with Crippen LogP contribution in [0.3, 0.4) is 0 Å². The molecule has 20 heavy (non-hydrogen) atoms. The van der Waals surface area contributed by atoms with E-state index >= 15 is 0 Å². The molecule has 1 aromatic heterocycles. The van der Waals surface area contributed by atoms with Crippen molar-refractivity contribution in [3.63, 3.8) is 0 Å². The zero-order valence-corrected chi connectivity index (χ0v) is 10.8. The Morgan fingerprint density at radius 2 is 1.90 bits per heavy atom. The molecule has 3 aromatic rings. The van der Waals surface area contributed by atoms with Crippen LogP contribution in [0.4, 0.5) is 8.78 Å². The zero-order chi connectivity index (χ0) is 14.1. The van der Waals surface area contributed by atoms with Crippen LogP contribution in [0.2, 0.25) is 0 Å². The van der Waals surface area contributed by atoms with E-state index in [1.54, 1.807) is 18.0 Å². The van der Waals surface area contributed by atoms with E-state index in [4.69, 9.17) is 4.74 Å². The lowest BCUT2D eigenvalue weighted by atomic mass is 10.2. The summed E-state index contributed by atoms with van der Waals surface area (Å²) in [7, 11) is 1.60. The van der Waals surface area contributed by atoms with Crippen LogP contribution in [-0.4, -0.2) is 16.7 Å². The van der Waals surface area contributed by atoms with Gasteiger partial charge in [-0.1, -0.05) is 18.2 Å². The number of rotatable bonds is 3. The summed E-state index contributed by atoms with van der Waals surface area (Å²) in [6.07, 6.45) is 1.57. The summed E-state index contributed by atoms with van der Waals surface area (Å²) in [5.41, 5.74) is 1.92. The molecule has 1 heterocycles. The van der Waals surface area contributed by atoms with Gasteiger partial charge in [-0.3, -0.25) is 0 Å². The maximum Gasteiger partial charge on any atom is 0.161 e. The second-order valence-corrected chi connectivity index (χ2v) is 4.44. The number of methoxy groups -OCH3 is 1. The third kappa shape index (κ3) is 2.11. The van der Waals surface area contributed by atoms with Crippen LogP contribution in [0.1, 0.15) is 5.56 Å². The van der Waals surface area contributed by atoms with Crippen LogP contribution >= 0.6 is 0 Å². The maximum absolute atomic E-state index is 13.3. The van der Waals surface area contributed by atoms with Gasteiger partial charge in [0.25, 0.3) is 0 Å². The second kappa shape index (κ2) is 4.92. The van der Waals surface area contributed by atoms with E-state index in [1.165, 1.54) is 0 Å². The van der Waals surface area contributed by atoms with Crippen molar-refractivity contribution in [2.24, 2.45) is 0 Å². The van der Waals surface area contributed by atoms with Crippen LogP contribution in [0.15, 0.2) is 42.7 Å². The van der Waals surface area contributed by atoms with Gasteiger partial charge in [0, 0.05) is 17.7 Å². The van der Waals surface area contributed by atoms with Gasteiger partial charge in [-0.05, 0) is 6.07 Å². The van der Waals surface area contributed by atoms with E-state index in [-0.39, 0.29) is 0 Å². The first-order chi connectivity index (χ1) is 9.69. The fourth-order valence-electron chi connectivity index (χ4n) is 2.20. The Bertz CT molecular complexity index is 768. The number of para-hydroxylation sites is 1. The third-order valence-corrected chi connectivity index (χ3v) is 3.20. The molecule has 0 N–H and O–H groups in total. The highest BCUT2D eigenvalue weighted by Crippen LogP contribution is 2.22. The van der Waals surface area contributed by atoms with E-state index < -0.39 is 11.6 Å². The highest BCUT2D eigenvalue weighted by molar-refractivity contribution is 5.75. The Hall–Kier alpha value is -2.43. The van der Waals surface area contributed by atoms with Crippen molar-refractivity contribution >= 4 is 11.0 Å². The number of benzene rings is 2. The van der Waals surface area contributed by atoms with Crippen LogP contribution in [0.5, 0.6) is 5.75 Å². The minimum absolute atomic E-state index is 0.429. The Morgan fingerprint density at radius 3 is 2.70 bits per heavy atom. The van der Waals surface area contributed by atoms with Gasteiger partial charge in [0.2, 0.25) is 0 Å². The molecular formula is C15H12F2N2O. The van der Waals surface area contributed by atoms with Gasteiger partial charge < -0.3 is 9.30 Å². The Morgan fingerprint density at radius 1 is 1.15 bits per heavy atom. The molecule has 0 saturated heterocycles. The van der Waals surface area contributed by atoms with Crippen molar-refractivity contribution in [2.75, 3.05) is 7.11 Å². The second-order valence-electron chi connectivity index (χ2n) is 4.44. The molecule has 3 rings (SSSR count). The summed E-state index contributed by atoms with van der Waals surface area (Å²) in [6, 6.07) is 9.82. The highest BCUT2D eigenvalue weighted by atomic mass is 19.2. The lowest BCUT2D eigenvalue weighted by molar-refractivity contribution is 0.408. The molecule has 102 valence electrons. The summed E-state index contributed by atoms with van der Waals surface area (Å²) < 4.78 is 33.5.